The van der Waals surface area contributed by atoms with Crippen molar-refractivity contribution < 1.29 is 72.7 Å². The predicted octanol–water partition coefficient (Wildman–Crippen LogP) is 3.37. The van der Waals surface area contributed by atoms with Gasteiger partial charge in [-0.25, -0.2) is 4.39 Å². The molecule has 0 unspecified atom stereocenters. The molecule has 20 atom stereocenters. The Morgan fingerprint density at radius 3 is 2.25 bits per heavy atom. The van der Waals surface area contributed by atoms with E-state index in [-0.39, 0.29) is 25.2 Å². The second kappa shape index (κ2) is 25.3. The Hall–Kier alpha value is -2.93. The molecule has 0 amide bonds. The monoisotopic (exact) mass is 1030 g/mol. The Balaban J connectivity index is 1.44. The third-order valence-corrected chi connectivity index (χ3v) is 16.0. The van der Waals surface area contributed by atoms with E-state index in [2.05, 4.69) is 11.0 Å². The number of hydrogen-bond acceptors (Lipinski definition) is 19. The molecule has 3 saturated heterocycles. The van der Waals surface area contributed by atoms with Gasteiger partial charge in [0, 0.05) is 75.6 Å². The number of aliphatic hydroxyl groups is 5. The maximum Gasteiger partial charge on any atom is 0.311 e. The number of rotatable bonds is 16. The number of benzene rings is 1. The average molecular weight is 1030 g/mol. The number of alkyl halides is 1. The number of cyclic esters (lactones) is 1. The first-order valence-corrected chi connectivity index (χ1v) is 25.7. The van der Waals surface area contributed by atoms with Crippen LogP contribution in [0.3, 0.4) is 0 Å². The van der Waals surface area contributed by atoms with Crippen LogP contribution in [0.5, 0.6) is 0 Å². The van der Waals surface area contributed by atoms with Crippen molar-refractivity contribution >= 4 is 12.3 Å². The van der Waals surface area contributed by atoms with Crippen LogP contribution in [-0.2, 0) is 38.0 Å². The number of aliphatic hydroxyl groups excluding tert-OH is 3. The lowest BCUT2D eigenvalue weighted by molar-refractivity contribution is -0.318. The molecule has 0 spiro atoms. The lowest BCUT2D eigenvalue weighted by Gasteiger charge is -2.49. The molecule has 5 rings (SSSR count). The maximum absolute atomic E-state index is 14.7. The molecule has 4 aliphatic rings. The molecular formula is C52H88FN5O14. The van der Waals surface area contributed by atoms with Gasteiger partial charge in [-0.3, -0.25) is 14.6 Å². The van der Waals surface area contributed by atoms with Crippen LogP contribution in [0.2, 0.25) is 0 Å². The molecule has 1 aromatic rings. The van der Waals surface area contributed by atoms with Crippen molar-refractivity contribution in [3.05, 3.63) is 47.3 Å². The molecule has 0 saturated carbocycles. The van der Waals surface area contributed by atoms with Crippen LogP contribution in [-0.4, -0.2) is 197 Å². The molecule has 4 heterocycles. The van der Waals surface area contributed by atoms with Gasteiger partial charge in [0.2, 0.25) is 0 Å². The van der Waals surface area contributed by atoms with Crippen LogP contribution in [0.1, 0.15) is 123 Å². The number of likely N-dealkylation sites (N-methyl/N-ethyl adjacent to an activating group) is 2. The predicted molar refractivity (Wildman–Crippen MR) is 265 cm³/mol. The van der Waals surface area contributed by atoms with Gasteiger partial charge in [0.1, 0.15) is 55.1 Å². The molecule has 20 heteroatoms. The zero-order chi connectivity index (χ0) is 53.6. The van der Waals surface area contributed by atoms with Gasteiger partial charge in [-0.2, -0.15) is 0 Å². The fourth-order valence-corrected chi connectivity index (χ4v) is 11.4. The first-order valence-electron chi connectivity index (χ1n) is 25.7. The molecule has 1 aromatic carbocycles. The van der Waals surface area contributed by atoms with E-state index in [0.717, 1.165) is 12.0 Å². The van der Waals surface area contributed by atoms with Crippen LogP contribution >= 0.6 is 0 Å². The van der Waals surface area contributed by atoms with Gasteiger partial charge in [-0.15, -0.1) is 5.53 Å². The summed E-state index contributed by atoms with van der Waals surface area (Å²) in [6, 6.07) is 5.00. The molecule has 412 valence electrons. The smallest absolute Gasteiger partial charge is 0.311 e. The Bertz CT molecular complexity index is 1920. The summed E-state index contributed by atoms with van der Waals surface area (Å²) in [6.45, 7) is 17.5. The molecule has 0 aliphatic carbocycles. The van der Waals surface area contributed by atoms with Crippen LogP contribution in [0.4, 0.5) is 4.39 Å². The summed E-state index contributed by atoms with van der Waals surface area (Å²) in [5, 5.41) is 61.4. The summed E-state index contributed by atoms with van der Waals surface area (Å²) in [6.07, 6.45) is -7.07. The Labute approximate surface area is 426 Å². The third-order valence-electron chi connectivity index (χ3n) is 16.0. The SMILES string of the molecule is CC[C@H]1OC(=O)[C@H](C)[C@@H](O[C@H]2C[C@@](C)(OC)[C@@H](O)[C@H](C)O2)[C@H](C)[C@@H](O[C@@H]2O[C@H](C)C[C@H](N(C)CCC3=CN([C@H](CF)[C@H](OC)c4ccc(C=O)cc4)NN3)[C@H]2O)[C@](C)(O)C[C@@H](C)CN(C)[C@H](C)[C@@H](O)[C@]1(C)O. The van der Waals surface area contributed by atoms with Gasteiger partial charge in [0.25, 0.3) is 0 Å². The summed E-state index contributed by atoms with van der Waals surface area (Å²) < 4.78 is 58.7. The molecule has 72 heavy (non-hydrogen) atoms. The van der Waals surface area contributed by atoms with Crippen LogP contribution in [0.25, 0.3) is 0 Å². The van der Waals surface area contributed by atoms with Crippen molar-refractivity contribution in [2.75, 3.05) is 48.1 Å². The van der Waals surface area contributed by atoms with Crippen LogP contribution < -0.4 is 11.0 Å². The zero-order valence-electron chi connectivity index (χ0n) is 45.1. The van der Waals surface area contributed by atoms with E-state index >= 15 is 0 Å². The standard InChI is InChI=1S/C52H88FN5O14/c1-15-40-52(10,65)45(61)33(6)57(12)26-29(2)23-50(8,64)47(31(4)43(32(5)48(63)70-40)71-41-24-51(9,67-14)46(62)34(7)69-41)72-49-42(60)38(22-30(3)68-49)56(11)21-20-37-27-58(55-54-37)39(25-53)44(66-13)36-18-16-35(28-59)17-19-36/h16-19,27-34,38-47,49,54-55,60-62,64-65H,15,20-26H2,1-14H3/t29-,30-,31+,32-,33-,34+,38+,39-,40-,41+,42-,43+,44-,45-,46+,47-,49+,50-,51-,52-/m1/s1. The molecular weight excluding hydrogens is 938 g/mol. The second-order valence-electron chi connectivity index (χ2n) is 21.9. The zero-order valence-corrected chi connectivity index (χ0v) is 45.1. The highest BCUT2D eigenvalue weighted by molar-refractivity contribution is 5.74. The van der Waals surface area contributed by atoms with Crippen LogP contribution in [0.15, 0.2) is 36.2 Å². The van der Waals surface area contributed by atoms with E-state index in [0.29, 0.717) is 37.1 Å². The fraction of sp³-hybridized carbons (Fsp3) is 0.808. The third kappa shape index (κ3) is 13.7. The molecule has 3 fully saturated rings. The Morgan fingerprint density at radius 2 is 1.65 bits per heavy atom. The number of methoxy groups -OCH3 is 2. The molecule has 19 nitrogen and oxygen atoms in total. The van der Waals surface area contributed by atoms with Gasteiger partial charge in [-0.1, -0.05) is 45.0 Å². The van der Waals surface area contributed by atoms with Gasteiger partial charge in [0.05, 0.1) is 41.5 Å². The molecule has 0 bridgehead atoms. The lowest BCUT2D eigenvalue weighted by atomic mass is 9.77. The topological polar surface area (TPSA) is 234 Å². The van der Waals surface area contributed by atoms with E-state index < -0.39 is 127 Å². The molecule has 7 N–H and O–H groups in total. The van der Waals surface area contributed by atoms with E-state index in [4.69, 9.17) is 33.2 Å². The summed E-state index contributed by atoms with van der Waals surface area (Å²) in [5.41, 5.74) is 3.57. The number of nitrogens with one attached hydrogen (secondary N) is 2. The number of halogens is 1. The van der Waals surface area contributed by atoms with Crippen molar-refractivity contribution in [2.24, 2.45) is 17.8 Å². The highest BCUT2D eigenvalue weighted by Gasteiger charge is 2.53. The summed E-state index contributed by atoms with van der Waals surface area (Å²) in [4.78, 5) is 29.6. The minimum absolute atomic E-state index is 0.0834. The van der Waals surface area contributed by atoms with Crippen molar-refractivity contribution in [1.29, 1.82) is 0 Å². The fourth-order valence-electron chi connectivity index (χ4n) is 11.4. The largest absolute Gasteiger partial charge is 0.459 e. The first-order chi connectivity index (χ1) is 33.8. The van der Waals surface area contributed by atoms with Crippen molar-refractivity contribution in [3.8, 4) is 0 Å². The minimum atomic E-state index is -1.85. The van der Waals surface area contributed by atoms with Crippen molar-refractivity contribution in [3.63, 3.8) is 0 Å². The first kappa shape index (κ1) is 59.9. The maximum atomic E-state index is 14.7. The number of hydrogen-bond donors (Lipinski definition) is 7. The highest BCUT2D eigenvalue weighted by Crippen LogP contribution is 2.40. The quantitative estimate of drug-likeness (QED) is 0.0929. The molecule has 0 radical (unpaired) electrons. The number of hydrazine groups is 2. The number of esters is 1. The number of ether oxygens (including phenoxy) is 7. The van der Waals surface area contributed by atoms with Gasteiger partial charge in [-0.05, 0) is 93.3 Å². The van der Waals surface area contributed by atoms with Crippen LogP contribution in [0, 0.1) is 17.8 Å². The number of carbonyl (C=O) groups excluding carboxylic acids is 2. The number of aldehydes is 1. The van der Waals surface area contributed by atoms with Crippen molar-refractivity contribution in [1.82, 2.24) is 25.8 Å². The van der Waals surface area contributed by atoms with Gasteiger partial charge < -0.3 is 73.9 Å². The number of nitrogens with zero attached hydrogens (tertiary/aromatic N) is 3. The summed E-state index contributed by atoms with van der Waals surface area (Å²) >= 11 is 0. The van der Waals surface area contributed by atoms with E-state index in [9.17, 15) is 39.5 Å². The van der Waals surface area contributed by atoms with Crippen molar-refractivity contribution in [2.45, 2.75) is 204 Å². The lowest BCUT2D eigenvalue weighted by Crippen LogP contribution is -2.61. The second-order valence-corrected chi connectivity index (χ2v) is 21.9. The number of carbonyl (C=O) groups is 2. The van der Waals surface area contributed by atoms with Gasteiger partial charge in [0.15, 0.2) is 12.6 Å². The van der Waals surface area contributed by atoms with E-state index in [1.165, 1.54) is 21.1 Å². The van der Waals surface area contributed by atoms with Gasteiger partial charge >= 0.3 is 5.97 Å². The molecule has 0 aromatic heterocycles. The summed E-state index contributed by atoms with van der Waals surface area (Å²) in [7, 11) is 6.72. The minimum Gasteiger partial charge on any atom is -0.459 e. The highest BCUT2D eigenvalue weighted by atomic mass is 19.1. The Morgan fingerprint density at radius 1 is 0.986 bits per heavy atom. The molecule has 4 aliphatic heterocycles. The Kier molecular flexibility index (Phi) is 21.0. The normalized spacial score (nSPS) is 40.9. The average Bonchev–Trinajstić information content (AvgIpc) is 3.81. The van der Waals surface area contributed by atoms with E-state index in [1.807, 2.05) is 37.7 Å². The summed E-state index contributed by atoms with van der Waals surface area (Å²) in [5.74, 6) is -2.87. The van der Waals surface area contributed by atoms with E-state index in [1.54, 1.807) is 83.9 Å².